The number of halogens is 1. The van der Waals surface area contributed by atoms with E-state index in [1.807, 2.05) is 24.3 Å². The first kappa shape index (κ1) is 24.8. The van der Waals surface area contributed by atoms with E-state index >= 15 is 0 Å². The lowest BCUT2D eigenvalue weighted by Gasteiger charge is -2.39. The molecule has 9 nitrogen and oxygen atoms in total. The first-order chi connectivity index (χ1) is 16.9. The second kappa shape index (κ2) is 11.4. The molecule has 2 saturated heterocycles. The predicted octanol–water partition coefficient (Wildman–Crippen LogP) is 1.83. The van der Waals surface area contributed by atoms with Crippen LogP contribution in [0.3, 0.4) is 0 Å². The van der Waals surface area contributed by atoms with Gasteiger partial charge in [-0.25, -0.2) is 0 Å². The van der Waals surface area contributed by atoms with Crippen LogP contribution in [0.2, 0.25) is 5.02 Å². The molecule has 2 aromatic carbocycles. The molecule has 0 aromatic heterocycles. The Hall–Kier alpha value is -3.30. The molecule has 2 heterocycles. The van der Waals surface area contributed by atoms with Gasteiger partial charge in [-0.05, 0) is 36.4 Å². The Morgan fingerprint density at radius 1 is 1.06 bits per heavy atom. The molecule has 3 amide bonds. The van der Waals surface area contributed by atoms with Crippen LogP contribution in [-0.2, 0) is 14.4 Å². The molecule has 0 radical (unpaired) electrons. The van der Waals surface area contributed by atoms with E-state index in [0.717, 1.165) is 31.9 Å². The fourth-order valence-corrected chi connectivity index (χ4v) is 4.57. The summed E-state index contributed by atoms with van der Waals surface area (Å²) in [5.41, 5.74) is 1.63. The molecule has 0 unspecified atom stereocenters. The van der Waals surface area contributed by atoms with Crippen molar-refractivity contribution in [2.75, 3.05) is 63.1 Å². The van der Waals surface area contributed by atoms with Gasteiger partial charge >= 0.3 is 0 Å². The molecular weight excluding hydrogens is 470 g/mol. The zero-order valence-corrected chi connectivity index (χ0v) is 20.5. The molecule has 2 aliphatic rings. The molecule has 10 heteroatoms. The number of hydrogen-bond donors (Lipinski definition) is 2. The molecule has 0 spiro atoms. The Morgan fingerprint density at radius 2 is 1.77 bits per heavy atom. The average Bonchev–Trinajstić information content (AvgIpc) is 2.86. The van der Waals surface area contributed by atoms with Gasteiger partial charge < -0.3 is 25.2 Å². The summed E-state index contributed by atoms with van der Waals surface area (Å²) in [5.74, 6) is -0.284. The van der Waals surface area contributed by atoms with Gasteiger partial charge in [0, 0.05) is 50.0 Å². The number of amides is 3. The van der Waals surface area contributed by atoms with Crippen molar-refractivity contribution in [3.63, 3.8) is 0 Å². The van der Waals surface area contributed by atoms with Gasteiger partial charge in [-0.1, -0.05) is 23.7 Å². The molecule has 186 valence electrons. The Balaban J connectivity index is 1.33. The number of hydrogen-bond acceptors (Lipinski definition) is 6. The van der Waals surface area contributed by atoms with Gasteiger partial charge in [-0.2, -0.15) is 0 Å². The van der Waals surface area contributed by atoms with Gasteiger partial charge in [-0.3, -0.25) is 19.3 Å². The van der Waals surface area contributed by atoms with Crippen LogP contribution in [0.1, 0.15) is 6.42 Å². The Kier molecular flexibility index (Phi) is 8.09. The number of methoxy groups -OCH3 is 1. The molecular formula is C25H30ClN5O4. The summed E-state index contributed by atoms with van der Waals surface area (Å²) in [5, 5.41) is 6.26. The first-order valence-electron chi connectivity index (χ1n) is 11.7. The van der Waals surface area contributed by atoms with Crippen LogP contribution >= 0.6 is 11.6 Å². The van der Waals surface area contributed by atoms with Crippen LogP contribution in [0.5, 0.6) is 5.75 Å². The SMILES string of the molecule is COc1ccccc1NC(=O)C[C@H]1C(=O)NCCN1C(=O)CN1CCN(c2ccc(Cl)cc2)CC1. The monoisotopic (exact) mass is 499 g/mol. The van der Waals surface area contributed by atoms with Gasteiger partial charge in [-0.15, -0.1) is 0 Å². The number of carbonyl (C=O) groups is 3. The highest BCUT2D eigenvalue weighted by Gasteiger charge is 2.35. The normalized spacial score (nSPS) is 18.7. The van der Waals surface area contributed by atoms with Crippen molar-refractivity contribution in [1.29, 1.82) is 0 Å². The summed E-state index contributed by atoms with van der Waals surface area (Å²) >= 11 is 5.98. The quantitative estimate of drug-likeness (QED) is 0.603. The lowest BCUT2D eigenvalue weighted by atomic mass is 10.1. The Labute approximate surface area is 210 Å². The Bertz CT molecular complexity index is 1060. The molecule has 0 bridgehead atoms. The maximum Gasteiger partial charge on any atom is 0.243 e. The van der Waals surface area contributed by atoms with Crippen molar-refractivity contribution in [3.8, 4) is 5.75 Å². The highest BCUT2D eigenvalue weighted by Crippen LogP contribution is 2.24. The molecule has 0 saturated carbocycles. The lowest BCUT2D eigenvalue weighted by molar-refractivity contribution is -0.145. The van der Waals surface area contributed by atoms with Crippen molar-refractivity contribution in [2.45, 2.75) is 12.5 Å². The molecule has 1 atom stereocenters. The number of carbonyl (C=O) groups excluding carboxylic acids is 3. The zero-order valence-electron chi connectivity index (χ0n) is 19.7. The number of rotatable bonds is 7. The van der Waals surface area contributed by atoms with Crippen molar-refractivity contribution >= 4 is 40.7 Å². The number of para-hydroxylation sites is 2. The summed E-state index contributed by atoms with van der Waals surface area (Å²) < 4.78 is 5.27. The molecule has 35 heavy (non-hydrogen) atoms. The third-order valence-electron chi connectivity index (χ3n) is 6.33. The van der Waals surface area contributed by atoms with Crippen LogP contribution in [0.4, 0.5) is 11.4 Å². The van der Waals surface area contributed by atoms with Crippen LogP contribution in [0.25, 0.3) is 0 Å². The van der Waals surface area contributed by atoms with E-state index in [2.05, 4.69) is 20.4 Å². The first-order valence-corrected chi connectivity index (χ1v) is 12.1. The summed E-state index contributed by atoms with van der Waals surface area (Å²) in [6, 6.07) is 14.0. The van der Waals surface area contributed by atoms with Crippen LogP contribution in [-0.4, -0.2) is 86.5 Å². The van der Waals surface area contributed by atoms with Crippen LogP contribution < -0.4 is 20.3 Å². The van der Waals surface area contributed by atoms with Gasteiger partial charge in [0.15, 0.2) is 0 Å². The maximum absolute atomic E-state index is 13.2. The number of nitrogens with zero attached hydrogens (tertiary/aromatic N) is 3. The largest absolute Gasteiger partial charge is 0.495 e. The van der Waals surface area contributed by atoms with Crippen LogP contribution in [0, 0.1) is 0 Å². The van der Waals surface area contributed by atoms with E-state index in [9.17, 15) is 14.4 Å². The van der Waals surface area contributed by atoms with Gasteiger partial charge in [0.2, 0.25) is 17.7 Å². The highest BCUT2D eigenvalue weighted by atomic mass is 35.5. The summed E-state index contributed by atoms with van der Waals surface area (Å²) in [6.07, 6.45) is -0.125. The summed E-state index contributed by atoms with van der Waals surface area (Å²) in [7, 11) is 1.52. The van der Waals surface area contributed by atoms with E-state index in [-0.39, 0.29) is 30.7 Å². The number of anilines is 2. The molecule has 0 aliphatic carbocycles. The third kappa shape index (κ3) is 6.23. The maximum atomic E-state index is 13.2. The minimum Gasteiger partial charge on any atom is -0.495 e. The van der Waals surface area contributed by atoms with E-state index in [0.29, 0.717) is 29.5 Å². The third-order valence-corrected chi connectivity index (χ3v) is 6.59. The molecule has 4 rings (SSSR count). The fraction of sp³-hybridized carbons (Fsp3) is 0.400. The number of piperazine rings is 2. The number of benzene rings is 2. The van der Waals surface area contributed by atoms with E-state index < -0.39 is 6.04 Å². The second-order valence-electron chi connectivity index (χ2n) is 8.59. The van der Waals surface area contributed by atoms with Gasteiger partial charge in [0.1, 0.15) is 11.8 Å². The average molecular weight is 500 g/mol. The molecule has 2 fully saturated rings. The smallest absolute Gasteiger partial charge is 0.243 e. The predicted molar refractivity (Wildman–Crippen MR) is 135 cm³/mol. The fourth-order valence-electron chi connectivity index (χ4n) is 4.44. The standard InChI is InChI=1S/C25H30ClN5O4/c1-35-22-5-3-2-4-20(22)28-23(32)16-21-25(34)27-10-11-31(21)24(33)17-29-12-14-30(15-13-29)19-8-6-18(26)7-9-19/h2-9,21H,10-17H2,1H3,(H,27,34)(H,28,32)/t21-/m0/s1. The Morgan fingerprint density at radius 3 is 2.49 bits per heavy atom. The number of nitrogens with one attached hydrogen (secondary N) is 2. The van der Waals surface area contributed by atoms with Crippen molar-refractivity contribution < 1.29 is 19.1 Å². The molecule has 2 aromatic rings. The van der Waals surface area contributed by atoms with Crippen LogP contribution in [0.15, 0.2) is 48.5 Å². The molecule has 2 N–H and O–H groups in total. The minimum atomic E-state index is -0.846. The zero-order chi connectivity index (χ0) is 24.8. The minimum absolute atomic E-state index is 0.125. The second-order valence-corrected chi connectivity index (χ2v) is 9.02. The number of ether oxygens (including phenoxy) is 1. The lowest BCUT2D eigenvalue weighted by Crippen LogP contribution is -2.60. The van der Waals surface area contributed by atoms with E-state index in [4.69, 9.17) is 16.3 Å². The van der Waals surface area contributed by atoms with Gasteiger partial charge in [0.25, 0.3) is 0 Å². The molecule has 2 aliphatic heterocycles. The van der Waals surface area contributed by atoms with Crippen molar-refractivity contribution in [1.82, 2.24) is 15.1 Å². The van der Waals surface area contributed by atoms with E-state index in [1.54, 1.807) is 24.3 Å². The van der Waals surface area contributed by atoms with Crippen molar-refractivity contribution in [2.24, 2.45) is 0 Å². The van der Waals surface area contributed by atoms with Crippen molar-refractivity contribution in [3.05, 3.63) is 53.6 Å². The van der Waals surface area contributed by atoms with Gasteiger partial charge in [0.05, 0.1) is 25.8 Å². The highest BCUT2D eigenvalue weighted by molar-refractivity contribution is 6.30. The topological polar surface area (TPSA) is 94.2 Å². The summed E-state index contributed by atoms with van der Waals surface area (Å²) in [6.45, 7) is 4.01. The summed E-state index contributed by atoms with van der Waals surface area (Å²) in [4.78, 5) is 44.4. The van der Waals surface area contributed by atoms with E-state index in [1.165, 1.54) is 12.0 Å².